The Balaban J connectivity index is 1.61. The minimum absolute atomic E-state index is 0.0563. The molecule has 0 bridgehead atoms. The minimum atomic E-state index is -1.62. The van der Waals surface area contributed by atoms with Gasteiger partial charge in [-0.3, -0.25) is 4.79 Å². The minimum Gasteiger partial charge on any atom is -0.505 e. The van der Waals surface area contributed by atoms with Crippen molar-refractivity contribution < 1.29 is 93.1 Å². The van der Waals surface area contributed by atoms with Gasteiger partial charge in [-0.2, -0.15) is 0 Å². The summed E-state index contributed by atoms with van der Waals surface area (Å²) < 4.78 is 47.4. The molecule has 19 nitrogen and oxygen atoms in total. The van der Waals surface area contributed by atoms with Gasteiger partial charge in [0.2, 0.25) is 0 Å². The number of aliphatic hydroxyl groups is 6. The van der Waals surface area contributed by atoms with Gasteiger partial charge in [-0.1, -0.05) is 79.9 Å². The van der Waals surface area contributed by atoms with Crippen molar-refractivity contribution in [1.29, 1.82) is 0 Å². The summed E-state index contributed by atoms with van der Waals surface area (Å²) in [7, 11) is 1.24. The topological polar surface area (TPSA) is 287 Å². The van der Waals surface area contributed by atoms with E-state index in [1.54, 1.807) is 53.7 Å². The quantitative estimate of drug-likeness (QED) is 0.0674. The number of methoxy groups -OCH3 is 1. The summed E-state index contributed by atoms with van der Waals surface area (Å²) in [5.41, 5.74) is -0.0907. The number of phenolic OH excluding ortho intramolecular Hbond substituents is 2. The van der Waals surface area contributed by atoms with Crippen LogP contribution in [0, 0.1) is 11.8 Å². The Morgan fingerprint density at radius 3 is 2.19 bits per heavy atom. The summed E-state index contributed by atoms with van der Waals surface area (Å²) >= 11 is 12.2. The number of carbonyl (C=O) groups excluding carboxylic acids is 3. The second kappa shape index (κ2) is 27.2. The maximum atomic E-state index is 14.0. The molecule has 0 aromatic heterocycles. The first-order valence-electron chi connectivity index (χ1n) is 24.3. The number of hydrogen-bond donors (Lipinski definition) is 8. The third-order valence-corrected chi connectivity index (χ3v) is 13.8. The Bertz CT molecular complexity index is 2240. The number of benzene rings is 1. The number of ether oxygens (including phenoxy) is 8. The average molecular weight is 1070 g/mol. The van der Waals surface area contributed by atoms with Crippen molar-refractivity contribution in [3.8, 4) is 11.5 Å². The molecule has 0 radical (unpaired) electrons. The molecule has 21 heteroatoms. The van der Waals surface area contributed by atoms with Crippen LogP contribution in [-0.2, 0) is 53.9 Å². The monoisotopic (exact) mass is 1070 g/mol. The van der Waals surface area contributed by atoms with Crippen LogP contribution >= 0.6 is 23.2 Å². The SMILES string of the molecule is CC[C@H]1/C=C(\C)[C@@H](O)C/C=C/C=C(\CO[C@@H]2O[C@H](C)[C@@H](OC(=O)c3c(O)c(Cl)c(O)c(Cl)c3CCO)[C@H](O)[C@@H]2OC)C(=O)O[C@H]([C@@H](C)O)C/C=C(C)/C=C(\C)[C@@H]1O[C@@H]1OC(C)(C)[C@@H](OC(=O)C(C)C)[C@H](O)[C@@H]1O. The van der Waals surface area contributed by atoms with Crippen LogP contribution in [0.4, 0.5) is 0 Å². The molecule has 2 fully saturated rings. The van der Waals surface area contributed by atoms with Crippen LogP contribution in [0.15, 0.2) is 58.7 Å². The molecule has 73 heavy (non-hydrogen) atoms. The van der Waals surface area contributed by atoms with Gasteiger partial charge < -0.3 is 78.7 Å². The average Bonchev–Trinajstić information content (AvgIpc) is 3.32. The first kappa shape index (κ1) is 61.6. The van der Waals surface area contributed by atoms with E-state index >= 15 is 0 Å². The molecule has 410 valence electrons. The Morgan fingerprint density at radius 2 is 1.59 bits per heavy atom. The number of aromatic hydroxyl groups is 2. The van der Waals surface area contributed by atoms with E-state index in [1.807, 2.05) is 26.0 Å². The smallest absolute Gasteiger partial charge is 0.342 e. The molecule has 0 saturated carbocycles. The van der Waals surface area contributed by atoms with Gasteiger partial charge in [0.1, 0.15) is 46.7 Å². The van der Waals surface area contributed by atoms with E-state index in [0.29, 0.717) is 23.1 Å². The normalized spacial score (nSPS) is 34.5. The maximum Gasteiger partial charge on any atom is 0.342 e. The highest BCUT2D eigenvalue weighted by atomic mass is 35.5. The Hall–Kier alpha value is -3.93. The van der Waals surface area contributed by atoms with Crippen LogP contribution in [0.1, 0.15) is 104 Å². The van der Waals surface area contributed by atoms with E-state index in [4.69, 9.17) is 61.1 Å². The molecule has 0 amide bonds. The molecule has 0 spiro atoms. The number of cyclic esters (lactones) is 1. The zero-order valence-corrected chi connectivity index (χ0v) is 44.7. The predicted octanol–water partition coefficient (Wildman–Crippen LogP) is 5.21. The number of rotatable bonds is 14. The molecule has 3 aliphatic rings. The number of aliphatic hydroxyl groups excluding tert-OH is 6. The van der Waals surface area contributed by atoms with Crippen molar-refractivity contribution >= 4 is 41.1 Å². The number of carbonyl (C=O) groups is 3. The third-order valence-electron chi connectivity index (χ3n) is 13.0. The molecule has 3 aliphatic heterocycles. The van der Waals surface area contributed by atoms with Crippen LogP contribution in [0.25, 0.3) is 0 Å². The van der Waals surface area contributed by atoms with Crippen molar-refractivity contribution in [2.45, 2.75) is 180 Å². The van der Waals surface area contributed by atoms with Gasteiger partial charge in [0, 0.05) is 26.1 Å². The molecule has 0 aliphatic carbocycles. The van der Waals surface area contributed by atoms with Crippen molar-refractivity contribution in [2.75, 3.05) is 20.3 Å². The number of allylic oxidation sites excluding steroid dienone is 4. The number of phenols is 2. The van der Waals surface area contributed by atoms with Crippen molar-refractivity contribution in [3.63, 3.8) is 0 Å². The van der Waals surface area contributed by atoms with Crippen LogP contribution < -0.4 is 0 Å². The van der Waals surface area contributed by atoms with E-state index in [1.165, 1.54) is 33.1 Å². The number of halogens is 2. The molecular weight excluding hydrogens is 999 g/mol. The van der Waals surface area contributed by atoms with E-state index in [-0.39, 0.29) is 30.4 Å². The second-order valence-corrected chi connectivity index (χ2v) is 20.2. The fraction of sp³-hybridized carbons (Fsp3) is 0.635. The van der Waals surface area contributed by atoms with Crippen LogP contribution in [0.2, 0.25) is 10.0 Å². The largest absolute Gasteiger partial charge is 0.505 e. The van der Waals surface area contributed by atoms with E-state index in [2.05, 4.69) is 0 Å². The highest BCUT2D eigenvalue weighted by Gasteiger charge is 2.53. The molecule has 1 aromatic rings. The summed E-state index contributed by atoms with van der Waals surface area (Å²) in [5, 5.41) is 85.9. The van der Waals surface area contributed by atoms with Gasteiger partial charge in [0.05, 0.1) is 47.5 Å². The second-order valence-electron chi connectivity index (χ2n) is 19.5. The number of hydrogen-bond acceptors (Lipinski definition) is 19. The lowest BCUT2D eigenvalue weighted by atomic mass is 9.88. The van der Waals surface area contributed by atoms with E-state index in [0.717, 1.165) is 0 Å². The van der Waals surface area contributed by atoms with Gasteiger partial charge in [-0.25, -0.2) is 9.59 Å². The lowest BCUT2D eigenvalue weighted by Crippen LogP contribution is -2.64. The molecule has 2 saturated heterocycles. The fourth-order valence-corrected chi connectivity index (χ4v) is 9.14. The summed E-state index contributed by atoms with van der Waals surface area (Å²) in [4.78, 5) is 40.0. The molecule has 0 unspecified atom stereocenters. The Kier molecular flexibility index (Phi) is 23.0. The van der Waals surface area contributed by atoms with Crippen LogP contribution in [0.3, 0.4) is 0 Å². The summed E-state index contributed by atoms with van der Waals surface area (Å²) in [5.74, 6) is -5.12. The number of esters is 3. The third kappa shape index (κ3) is 15.4. The first-order chi connectivity index (χ1) is 34.2. The van der Waals surface area contributed by atoms with Crippen molar-refractivity contribution in [1.82, 2.24) is 0 Å². The van der Waals surface area contributed by atoms with Crippen LogP contribution in [-0.4, -0.2) is 164 Å². The molecule has 4 rings (SSSR count). The highest BCUT2D eigenvalue weighted by Crippen LogP contribution is 2.45. The standard InChI is InChI=1S/C52H74Cl2O19/c1-12-30-22-26(5)33(57)16-14-13-15-31(23-67-51-45(66-11)42(62)44(29(8)68-51)70-49(65)35-32(19-20-55)36(53)39(59)37(54)38(35)58)48(64)69-34(28(7)56)18-17-25(4)21-27(6)43(30)71-50-41(61)40(60)46(52(9,10)73-50)72-47(63)24(2)3/h13-15,17,21-22,24,28-30,33-34,40-46,50-51,55-62H,12,16,18-20,23H2,1-11H3/b14-13+,25-17+,26-22+,27-21+,31-15+/t28-,29-,30+,33+,34+,40-,41+,42+,43+,44-,45+,46+,50-,51-/m1/s1. The maximum absolute atomic E-state index is 14.0. The summed E-state index contributed by atoms with van der Waals surface area (Å²) in [6, 6.07) is 0. The molecule has 14 atom stereocenters. The van der Waals surface area contributed by atoms with Crippen molar-refractivity contribution in [3.05, 3.63) is 79.9 Å². The molecular formula is C52H74Cl2O19. The molecule has 3 heterocycles. The highest BCUT2D eigenvalue weighted by molar-refractivity contribution is 6.39. The van der Waals surface area contributed by atoms with Crippen LogP contribution in [0.5, 0.6) is 11.5 Å². The van der Waals surface area contributed by atoms with Gasteiger partial charge >= 0.3 is 17.9 Å². The summed E-state index contributed by atoms with van der Waals surface area (Å²) in [6.07, 6.45) is -6.23. The fourth-order valence-electron chi connectivity index (χ4n) is 8.62. The predicted molar refractivity (Wildman–Crippen MR) is 267 cm³/mol. The van der Waals surface area contributed by atoms with Gasteiger partial charge in [-0.15, -0.1) is 0 Å². The lowest BCUT2D eigenvalue weighted by Gasteiger charge is -2.47. The van der Waals surface area contributed by atoms with Gasteiger partial charge in [0.25, 0.3) is 0 Å². The summed E-state index contributed by atoms with van der Waals surface area (Å²) in [6.45, 7) is 15.8. The first-order valence-corrected chi connectivity index (χ1v) is 25.0. The van der Waals surface area contributed by atoms with Crippen molar-refractivity contribution in [2.24, 2.45) is 11.8 Å². The zero-order valence-electron chi connectivity index (χ0n) is 43.2. The van der Waals surface area contributed by atoms with Gasteiger partial charge in [0.15, 0.2) is 36.3 Å². The Morgan fingerprint density at radius 1 is 0.918 bits per heavy atom. The zero-order chi connectivity index (χ0) is 54.8. The van der Waals surface area contributed by atoms with E-state index < -0.39 is 155 Å². The van der Waals surface area contributed by atoms with E-state index in [9.17, 15) is 55.2 Å². The Labute approximate surface area is 436 Å². The van der Waals surface area contributed by atoms with Gasteiger partial charge in [-0.05, 0) is 90.5 Å². The molecule has 8 N–H and O–H groups in total. The lowest BCUT2D eigenvalue weighted by molar-refractivity contribution is -0.333. The molecule has 1 aromatic carbocycles.